The highest BCUT2D eigenvalue weighted by Gasteiger charge is 2.25. The van der Waals surface area contributed by atoms with E-state index in [1.54, 1.807) is 23.1 Å². The summed E-state index contributed by atoms with van der Waals surface area (Å²) in [5.74, 6) is -0.760. The fourth-order valence-corrected chi connectivity index (χ4v) is 2.28. The average Bonchev–Trinajstić information content (AvgIpc) is 2.47. The number of anilines is 1. The first-order valence-electron chi connectivity index (χ1n) is 6.63. The van der Waals surface area contributed by atoms with Crippen molar-refractivity contribution in [3.63, 3.8) is 0 Å². The summed E-state index contributed by atoms with van der Waals surface area (Å²) in [5.41, 5.74) is 0.387. The number of hydrogen-bond acceptors (Lipinski definition) is 4. The number of carbonyl (C=O) groups excluding carboxylic acids is 2. The van der Waals surface area contributed by atoms with E-state index in [1.165, 1.54) is 7.11 Å². The normalized spacial score (nSPS) is 15.7. The van der Waals surface area contributed by atoms with E-state index in [0.29, 0.717) is 29.5 Å². The van der Waals surface area contributed by atoms with Crippen molar-refractivity contribution in [2.24, 2.45) is 0 Å². The number of halogens is 1. The van der Waals surface area contributed by atoms with Crippen molar-refractivity contribution < 1.29 is 14.3 Å². The second-order valence-electron chi connectivity index (χ2n) is 4.89. The molecule has 1 aliphatic heterocycles. The topological polar surface area (TPSA) is 61.9 Å². The van der Waals surface area contributed by atoms with Crippen LogP contribution in [0.4, 0.5) is 5.69 Å². The lowest BCUT2D eigenvalue weighted by molar-refractivity contribution is -0.144. The average molecular weight is 312 g/mol. The number of ether oxygens (including phenoxy) is 1. The Morgan fingerprint density at radius 1 is 1.24 bits per heavy atom. The molecule has 7 heteroatoms. The maximum Gasteiger partial charge on any atom is 0.314 e. The van der Waals surface area contributed by atoms with E-state index >= 15 is 0 Å². The summed E-state index contributed by atoms with van der Waals surface area (Å²) in [6.45, 7) is 2.63. The fraction of sp³-hybridized carbons (Fsp3) is 0.429. The Morgan fingerprint density at radius 2 is 1.90 bits per heavy atom. The van der Waals surface area contributed by atoms with Crippen LogP contribution in [0.3, 0.4) is 0 Å². The van der Waals surface area contributed by atoms with Crippen LogP contribution < -0.4 is 10.1 Å². The highest BCUT2D eigenvalue weighted by molar-refractivity contribution is 6.40. The standard InChI is InChI=1S/C14H18ClN3O3/c1-17-5-7-18(8-6-17)14(20)13(19)16-11-9-10(15)3-4-12(11)21-2/h3-4,9H,5-8H2,1-2H3,(H,16,19). The highest BCUT2D eigenvalue weighted by atomic mass is 35.5. The van der Waals surface area contributed by atoms with Crippen LogP contribution in [0.25, 0.3) is 0 Å². The molecule has 2 amide bonds. The summed E-state index contributed by atoms with van der Waals surface area (Å²) >= 11 is 5.89. The molecule has 1 N–H and O–H groups in total. The SMILES string of the molecule is COc1ccc(Cl)cc1NC(=O)C(=O)N1CCN(C)CC1. The van der Waals surface area contributed by atoms with Crippen LogP contribution in [-0.4, -0.2) is 62.0 Å². The van der Waals surface area contributed by atoms with E-state index in [1.807, 2.05) is 7.05 Å². The third kappa shape index (κ3) is 3.86. The van der Waals surface area contributed by atoms with Crippen molar-refractivity contribution in [3.05, 3.63) is 23.2 Å². The molecule has 1 aromatic carbocycles. The molecule has 1 heterocycles. The lowest BCUT2D eigenvalue weighted by Crippen LogP contribution is -2.50. The van der Waals surface area contributed by atoms with Gasteiger partial charge in [0.15, 0.2) is 0 Å². The third-order valence-electron chi connectivity index (χ3n) is 3.39. The fourth-order valence-electron chi connectivity index (χ4n) is 2.11. The van der Waals surface area contributed by atoms with E-state index in [0.717, 1.165) is 13.1 Å². The molecule has 0 aromatic heterocycles. The van der Waals surface area contributed by atoms with Crippen molar-refractivity contribution in [1.82, 2.24) is 9.80 Å². The number of methoxy groups -OCH3 is 1. The Balaban J connectivity index is 2.04. The molecular weight excluding hydrogens is 294 g/mol. The molecule has 1 saturated heterocycles. The van der Waals surface area contributed by atoms with Gasteiger partial charge in [0.25, 0.3) is 0 Å². The maximum atomic E-state index is 12.1. The Labute approximate surface area is 128 Å². The molecule has 0 unspecified atom stereocenters. The maximum absolute atomic E-state index is 12.1. The predicted octanol–water partition coefficient (Wildman–Crippen LogP) is 1.06. The van der Waals surface area contributed by atoms with Crippen LogP contribution in [0, 0.1) is 0 Å². The van der Waals surface area contributed by atoms with Crippen LogP contribution in [0.5, 0.6) is 5.75 Å². The van der Waals surface area contributed by atoms with E-state index in [4.69, 9.17) is 16.3 Å². The van der Waals surface area contributed by atoms with E-state index in [9.17, 15) is 9.59 Å². The summed E-state index contributed by atoms with van der Waals surface area (Å²) in [4.78, 5) is 27.8. The third-order valence-corrected chi connectivity index (χ3v) is 3.63. The quantitative estimate of drug-likeness (QED) is 0.830. The largest absolute Gasteiger partial charge is 0.495 e. The van der Waals surface area contributed by atoms with E-state index in [-0.39, 0.29) is 0 Å². The van der Waals surface area contributed by atoms with Gasteiger partial charge in [0, 0.05) is 31.2 Å². The van der Waals surface area contributed by atoms with Gasteiger partial charge in [-0.15, -0.1) is 0 Å². The molecule has 21 heavy (non-hydrogen) atoms. The number of carbonyl (C=O) groups is 2. The van der Waals surface area contributed by atoms with Crippen molar-refractivity contribution in [2.45, 2.75) is 0 Å². The van der Waals surface area contributed by atoms with Gasteiger partial charge in [-0.3, -0.25) is 9.59 Å². The predicted molar refractivity (Wildman–Crippen MR) is 80.7 cm³/mol. The number of benzene rings is 1. The molecule has 0 bridgehead atoms. The number of nitrogens with zero attached hydrogens (tertiary/aromatic N) is 2. The zero-order chi connectivity index (χ0) is 15.4. The number of likely N-dealkylation sites (N-methyl/N-ethyl adjacent to an activating group) is 1. The first-order chi connectivity index (χ1) is 10.0. The molecule has 1 aliphatic rings. The van der Waals surface area contributed by atoms with Crippen molar-refractivity contribution in [3.8, 4) is 5.75 Å². The monoisotopic (exact) mass is 311 g/mol. The minimum atomic E-state index is -0.680. The molecule has 0 saturated carbocycles. The molecule has 0 spiro atoms. The van der Waals surface area contributed by atoms with E-state index in [2.05, 4.69) is 10.2 Å². The molecule has 0 atom stereocenters. The summed E-state index contributed by atoms with van der Waals surface area (Å²) in [7, 11) is 3.47. The van der Waals surface area contributed by atoms with Crippen molar-refractivity contribution in [1.29, 1.82) is 0 Å². The number of rotatable bonds is 2. The zero-order valence-electron chi connectivity index (χ0n) is 12.1. The Kier molecular flexibility index (Phi) is 5.03. The number of nitrogens with one attached hydrogen (secondary N) is 1. The minimum absolute atomic E-state index is 0.387. The van der Waals surface area contributed by atoms with Gasteiger partial charge >= 0.3 is 11.8 Å². The molecule has 114 valence electrons. The molecule has 6 nitrogen and oxygen atoms in total. The highest BCUT2D eigenvalue weighted by Crippen LogP contribution is 2.27. The van der Waals surface area contributed by atoms with Crippen molar-refractivity contribution >= 4 is 29.1 Å². The number of hydrogen-bond donors (Lipinski definition) is 1. The van der Waals surface area contributed by atoms with Crippen LogP contribution >= 0.6 is 11.6 Å². The van der Waals surface area contributed by atoms with Gasteiger partial charge in [-0.1, -0.05) is 11.6 Å². The molecule has 1 aromatic rings. The van der Waals surface area contributed by atoms with Gasteiger partial charge in [0.2, 0.25) is 0 Å². The van der Waals surface area contributed by atoms with Crippen LogP contribution in [-0.2, 0) is 9.59 Å². The Morgan fingerprint density at radius 3 is 2.52 bits per heavy atom. The first-order valence-corrected chi connectivity index (χ1v) is 7.01. The first kappa shape index (κ1) is 15.6. The molecule has 0 aliphatic carbocycles. The van der Waals surface area contributed by atoms with Gasteiger partial charge in [0.05, 0.1) is 12.8 Å². The number of amides is 2. The van der Waals surface area contributed by atoms with Gasteiger partial charge in [-0.2, -0.15) is 0 Å². The van der Waals surface area contributed by atoms with Crippen molar-refractivity contribution in [2.75, 3.05) is 45.7 Å². The van der Waals surface area contributed by atoms with Crippen LogP contribution in [0.1, 0.15) is 0 Å². The Hall–Kier alpha value is -1.79. The zero-order valence-corrected chi connectivity index (χ0v) is 12.8. The van der Waals surface area contributed by atoms with Gasteiger partial charge < -0.3 is 19.9 Å². The summed E-state index contributed by atoms with van der Waals surface area (Å²) in [6.07, 6.45) is 0. The van der Waals surface area contributed by atoms with Gasteiger partial charge in [-0.25, -0.2) is 0 Å². The Bertz CT molecular complexity index is 542. The lowest BCUT2D eigenvalue weighted by Gasteiger charge is -2.31. The molecular formula is C14H18ClN3O3. The second kappa shape index (κ2) is 6.78. The molecule has 1 fully saturated rings. The lowest BCUT2D eigenvalue weighted by atomic mass is 10.2. The van der Waals surface area contributed by atoms with Crippen LogP contribution in [0.15, 0.2) is 18.2 Å². The molecule has 0 radical (unpaired) electrons. The van der Waals surface area contributed by atoms with E-state index < -0.39 is 11.8 Å². The molecule has 2 rings (SSSR count). The van der Waals surface area contributed by atoms with Gasteiger partial charge in [-0.05, 0) is 25.2 Å². The summed E-state index contributed by atoms with van der Waals surface area (Å²) in [6, 6.07) is 4.84. The number of piperazine rings is 1. The second-order valence-corrected chi connectivity index (χ2v) is 5.33. The summed E-state index contributed by atoms with van der Waals surface area (Å²) in [5, 5.41) is 3.01. The smallest absolute Gasteiger partial charge is 0.314 e. The minimum Gasteiger partial charge on any atom is -0.495 e. The van der Waals surface area contributed by atoms with Gasteiger partial charge in [0.1, 0.15) is 5.75 Å². The summed E-state index contributed by atoms with van der Waals surface area (Å²) < 4.78 is 5.14. The van der Waals surface area contributed by atoms with Crippen LogP contribution in [0.2, 0.25) is 5.02 Å².